The third-order valence-electron chi connectivity index (χ3n) is 4.92. The number of aromatic nitrogens is 4. The van der Waals surface area contributed by atoms with E-state index >= 15 is 0 Å². The van der Waals surface area contributed by atoms with E-state index in [0.29, 0.717) is 0 Å². The van der Waals surface area contributed by atoms with Crippen molar-refractivity contribution in [2.24, 2.45) is 0 Å². The van der Waals surface area contributed by atoms with Crippen molar-refractivity contribution in [3.8, 4) is 22.8 Å². The Kier molecular flexibility index (Phi) is 10.8. The van der Waals surface area contributed by atoms with Crippen LogP contribution >= 0.6 is 7.81 Å². The van der Waals surface area contributed by atoms with E-state index in [1.807, 2.05) is 27.7 Å². The summed E-state index contributed by atoms with van der Waals surface area (Å²) in [5.41, 5.74) is 12.9. The van der Waals surface area contributed by atoms with Gasteiger partial charge in [-0.05, 0) is 126 Å². The standard InChI is InChI=1S/2C14H16N2.Cu.F6P/c2*1-9-5-11(3)15-13(7-9)14-8-10(2)6-12(4)16-14;;1-7(2,3,4,5)6/h2*5-8H,1-4H3;;/q;;+1;-1. The van der Waals surface area contributed by atoms with Gasteiger partial charge in [-0.2, -0.15) is 0 Å². The van der Waals surface area contributed by atoms with Crippen molar-refractivity contribution >= 4 is 7.81 Å². The molecular weight excluding hydrogens is 601 g/mol. The number of pyridine rings is 4. The topological polar surface area (TPSA) is 51.6 Å². The zero-order valence-electron chi connectivity index (χ0n) is 23.4. The number of hydrogen-bond donors (Lipinski definition) is 0. The predicted molar refractivity (Wildman–Crippen MR) is 146 cm³/mol. The van der Waals surface area contributed by atoms with Crippen LogP contribution in [0.25, 0.3) is 22.8 Å². The van der Waals surface area contributed by atoms with Crippen molar-refractivity contribution in [1.29, 1.82) is 0 Å². The van der Waals surface area contributed by atoms with Crippen molar-refractivity contribution < 1.29 is 42.3 Å². The third kappa shape index (κ3) is 14.5. The molecule has 0 aliphatic carbocycles. The van der Waals surface area contributed by atoms with E-state index in [0.717, 1.165) is 45.6 Å². The molecule has 0 amide bonds. The monoisotopic (exact) mass is 632 g/mol. The maximum atomic E-state index is 9.87. The molecule has 0 aliphatic heterocycles. The van der Waals surface area contributed by atoms with Crippen LogP contribution in [0, 0.1) is 55.4 Å². The zero-order valence-corrected chi connectivity index (χ0v) is 25.3. The van der Waals surface area contributed by atoms with E-state index in [2.05, 4.69) is 96.2 Å². The minimum Gasteiger partial charge on any atom is 1.00 e. The second kappa shape index (κ2) is 12.3. The molecule has 0 radical (unpaired) electrons. The molecule has 40 heavy (non-hydrogen) atoms. The van der Waals surface area contributed by atoms with Crippen LogP contribution in [-0.2, 0) is 17.1 Å². The van der Waals surface area contributed by atoms with E-state index in [1.165, 1.54) is 22.3 Å². The Hall–Kier alpha value is -2.87. The first kappa shape index (κ1) is 35.2. The van der Waals surface area contributed by atoms with Crippen molar-refractivity contribution in [2.75, 3.05) is 0 Å². The zero-order chi connectivity index (χ0) is 29.8. The molecule has 0 fully saturated rings. The average molecular weight is 633 g/mol. The predicted octanol–water partition coefficient (Wildman–Crippen LogP) is 10.1. The van der Waals surface area contributed by atoms with Gasteiger partial charge in [0.15, 0.2) is 0 Å². The first-order valence-electron chi connectivity index (χ1n) is 11.9. The summed E-state index contributed by atoms with van der Waals surface area (Å²) in [5.74, 6) is 0. The molecule has 0 atom stereocenters. The van der Waals surface area contributed by atoms with Gasteiger partial charge in [-0.15, -0.1) is 0 Å². The smallest absolute Gasteiger partial charge is 1.00 e. The summed E-state index contributed by atoms with van der Waals surface area (Å²) in [6.07, 6.45) is 0. The minimum atomic E-state index is -10.7. The fourth-order valence-electron chi connectivity index (χ4n) is 3.89. The number of rotatable bonds is 2. The third-order valence-corrected chi connectivity index (χ3v) is 4.92. The van der Waals surface area contributed by atoms with Crippen LogP contribution in [0.5, 0.6) is 0 Å². The first-order valence-corrected chi connectivity index (χ1v) is 14.0. The van der Waals surface area contributed by atoms with E-state index < -0.39 is 7.81 Å². The molecule has 0 aliphatic rings. The van der Waals surface area contributed by atoms with Gasteiger partial charge in [-0.25, -0.2) is 0 Å². The Morgan fingerprint density at radius 2 is 0.525 bits per heavy atom. The number of aryl methyl sites for hydroxylation is 8. The van der Waals surface area contributed by atoms with E-state index in [1.54, 1.807) is 0 Å². The van der Waals surface area contributed by atoms with Crippen molar-refractivity contribution in [3.05, 3.63) is 93.6 Å². The average Bonchev–Trinajstić information content (AvgIpc) is 2.69. The molecule has 4 aromatic heterocycles. The van der Waals surface area contributed by atoms with Crippen LogP contribution < -0.4 is 0 Å². The van der Waals surface area contributed by atoms with Gasteiger partial charge in [0.1, 0.15) is 0 Å². The molecular formula is C28H32CuF6N4P. The first-order chi connectivity index (χ1) is 17.5. The molecule has 0 aromatic carbocycles. The SMILES string of the molecule is Cc1cc(C)nc(-c2cc(C)cc(C)n2)c1.Cc1cc(C)nc(-c2cc(C)cc(C)n2)c1.F[P-](F)(F)(F)(F)F.[Cu+]. The van der Waals surface area contributed by atoms with Crippen LogP contribution in [0.15, 0.2) is 48.5 Å². The van der Waals surface area contributed by atoms with Gasteiger partial charge in [-0.1, -0.05) is 0 Å². The normalized spacial score (nSPS) is 12.4. The fourth-order valence-corrected chi connectivity index (χ4v) is 3.89. The quantitative estimate of drug-likeness (QED) is 0.125. The summed E-state index contributed by atoms with van der Waals surface area (Å²) in [5, 5.41) is 0. The van der Waals surface area contributed by atoms with Gasteiger partial charge < -0.3 is 0 Å². The molecule has 222 valence electrons. The van der Waals surface area contributed by atoms with Crippen LogP contribution in [0.3, 0.4) is 0 Å². The Morgan fingerprint density at radius 3 is 0.650 bits per heavy atom. The van der Waals surface area contributed by atoms with Crippen molar-refractivity contribution in [3.63, 3.8) is 0 Å². The van der Waals surface area contributed by atoms with Crippen LogP contribution in [-0.4, -0.2) is 19.9 Å². The summed E-state index contributed by atoms with van der Waals surface area (Å²) >= 11 is 0. The summed E-state index contributed by atoms with van der Waals surface area (Å²) < 4.78 is 59.2. The van der Waals surface area contributed by atoms with Crippen molar-refractivity contribution in [2.45, 2.75) is 55.4 Å². The number of hydrogen-bond acceptors (Lipinski definition) is 4. The molecule has 0 saturated carbocycles. The summed E-state index contributed by atoms with van der Waals surface area (Å²) in [6.45, 7) is 16.4. The second-order valence-electron chi connectivity index (χ2n) is 9.64. The molecule has 4 aromatic rings. The molecule has 0 N–H and O–H groups in total. The summed E-state index contributed by atoms with van der Waals surface area (Å²) in [4.78, 5) is 18.1. The van der Waals surface area contributed by atoms with Crippen molar-refractivity contribution in [1.82, 2.24) is 19.9 Å². The molecule has 0 saturated heterocycles. The Bertz CT molecular complexity index is 1200. The Labute approximate surface area is 241 Å². The van der Waals surface area contributed by atoms with E-state index in [4.69, 9.17) is 0 Å². The van der Waals surface area contributed by atoms with E-state index in [-0.39, 0.29) is 17.1 Å². The molecule has 4 rings (SSSR count). The number of nitrogens with zero attached hydrogens (tertiary/aromatic N) is 4. The number of halogens is 6. The molecule has 0 bridgehead atoms. The summed E-state index contributed by atoms with van der Waals surface area (Å²) in [7, 11) is -10.7. The Balaban J connectivity index is 0.000000320. The van der Waals surface area contributed by atoms with Gasteiger partial charge in [0.25, 0.3) is 0 Å². The fraction of sp³-hybridized carbons (Fsp3) is 0.286. The van der Waals surface area contributed by atoms with Gasteiger partial charge in [0.05, 0.1) is 22.8 Å². The summed E-state index contributed by atoms with van der Waals surface area (Å²) in [6, 6.07) is 16.6. The minimum absolute atomic E-state index is 0. The second-order valence-corrected chi connectivity index (χ2v) is 11.6. The molecule has 4 heterocycles. The van der Waals surface area contributed by atoms with Gasteiger partial charge >= 0.3 is 50.1 Å². The maximum Gasteiger partial charge on any atom is 1.00 e. The van der Waals surface area contributed by atoms with Crippen LogP contribution in [0.2, 0.25) is 0 Å². The van der Waals surface area contributed by atoms with Crippen LogP contribution in [0.1, 0.15) is 45.0 Å². The van der Waals surface area contributed by atoms with Gasteiger partial charge in [-0.3, -0.25) is 19.9 Å². The molecule has 0 spiro atoms. The Morgan fingerprint density at radius 1 is 0.375 bits per heavy atom. The molecule has 12 heteroatoms. The largest absolute Gasteiger partial charge is 1.00 e. The van der Waals surface area contributed by atoms with E-state index in [9.17, 15) is 25.2 Å². The maximum absolute atomic E-state index is 10.7. The molecule has 4 nitrogen and oxygen atoms in total. The molecule has 0 unspecified atom stereocenters. The van der Waals surface area contributed by atoms with Crippen LogP contribution in [0.4, 0.5) is 25.2 Å². The van der Waals surface area contributed by atoms with Gasteiger partial charge in [0.2, 0.25) is 0 Å². The van der Waals surface area contributed by atoms with Gasteiger partial charge in [0, 0.05) is 22.8 Å².